The third-order valence-corrected chi connectivity index (χ3v) is 3.79. The molecule has 3 nitrogen and oxygen atoms in total. The number of halogens is 1. The molecule has 2 atom stereocenters. The number of aliphatic hydroxyl groups is 1. The predicted molar refractivity (Wildman–Crippen MR) is 74.2 cm³/mol. The first-order valence-corrected chi connectivity index (χ1v) is 7.01. The maximum absolute atomic E-state index is 14.0. The number of benzene rings is 1. The summed E-state index contributed by atoms with van der Waals surface area (Å²) in [5.41, 5.74) is 0.580. The minimum Gasteiger partial charge on any atom is -0.494 e. The third kappa shape index (κ3) is 3.18. The lowest BCUT2D eigenvalue weighted by Crippen LogP contribution is -2.43. The SMILES string of the molecule is CCOc1ccc(F)c(N2CC[C@@H](O)[C@@H](CC)C2)c1. The topological polar surface area (TPSA) is 32.7 Å². The fourth-order valence-corrected chi connectivity index (χ4v) is 2.63. The molecular weight excluding hydrogens is 245 g/mol. The van der Waals surface area contributed by atoms with E-state index in [1.54, 1.807) is 12.1 Å². The van der Waals surface area contributed by atoms with Crippen LogP contribution in [-0.4, -0.2) is 30.9 Å². The van der Waals surface area contributed by atoms with Crippen LogP contribution in [0.3, 0.4) is 0 Å². The molecule has 0 unspecified atom stereocenters. The van der Waals surface area contributed by atoms with Gasteiger partial charge in [0.2, 0.25) is 0 Å². The average Bonchev–Trinajstić information content (AvgIpc) is 2.42. The maximum Gasteiger partial charge on any atom is 0.146 e. The Balaban J connectivity index is 2.18. The van der Waals surface area contributed by atoms with E-state index in [0.717, 1.165) is 6.42 Å². The smallest absolute Gasteiger partial charge is 0.146 e. The second kappa shape index (κ2) is 6.24. The van der Waals surface area contributed by atoms with Crippen molar-refractivity contribution in [1.82, 2.24) is 0 Å². The molecule has 2 rings (SSSR count). The Morgan fingerprint density at radius 1 is 1.42 bits per heavy atom. The largest absolute Gasteiger partial charge is 0.494 e. The number of aliphatic hydroxyl groups excluding tert-OH is 1. The highest BCUT2D eigenvalue weighted by atomic mass is 19.1. The van der Waals surface area contributed by atoms with Gasteiger partial charge in [0.1, 0.15) is 11.6 Å². The third-order valence-electron chi connectivity index (χ3n) is 3.79. The highest BCUT2D eigenvalue weighted by molar-refractivity contribution is 5.52. The summed E-state index contributed by atoms with van der Waals surface area (Å²) in [6.45, 7) is 5.92. The zero-order chi connectivity index (χ0) is 13.8. The van der Waals surface area contributed by atoms with E-state index in [1.807, 2.05) is 11.8 Å². The molecule has 0 radical (unpaired) electrons. The number of rotatable bonds is 4. The Kier molecular flexibility index (Phi) is 4.64. The molecule has 0 bridgehead atoms. The summed E-state index contributed by atoms with van der Waals surface area (Å²) in [7, 11) is 0. The van der Waals surface area contributed by atoms with Crippen LogP contribution in [0.15, 0.2) is 18.2 Å². The van der Waals surface area contributed by atoms with Gasteiger partial charge in [-0.3, -0.25) is 0 Å². The molecule has 0 amide bonds. The summed E-state index contributed by atoms with van der Waals surface area (Å²) in [6, 6.07) is 4.86. The first kappa shape index (κ1) is 14.1. The van der Waals surface area contributed by atoms with E-state index in [9.17, 15) is 9.50 Å². The van der Waals surface area contributed by atoms with Crippen molar-refractivity contribution in [1.29, 1.82) is 0 Å². The Labute approximate surface area is 114 Å². The van der Waals surface area contributed by atoms with Crippen molar-refractivity contribution in [3.8, 4) is 5.75 Å². The minimum absolute atomic E-state index is 0.212. The van der Waals surface area contributed by atoms with E-state index in [-0.39, 0.29) is 17.8 Å². The van der Waals surface area contributed by atoms with Crippen LogP contribution >= 0.6 is 0 Å². The Morgan fingerprint density at radius 2 is 2.21 bits per heavy atom. The standard InChI is InChI=1S/C15H22FNO2/c1-3-11-10-17(8-7-15(11)18)14-9-12(19-4-2)5-6-13(14)16/h5-6,9,11,15,18H,3-4,7-8,10H2,1-2H3/t11-,15+/m0/s1. The monoisotopic (exact) mass is 267 g/mol. The number of piperidine rings is 1. The summed E-state index contributed by atoms with van der Waals surface area (Å²) >= 11 is 0. The Hall–Kier alpha value is -1.29. The molecule has 1 aliphatic heterocycles. The van der Waals surface area contributed by atoms with Gasteiger partial charge in [0.25, 0.3) is 0 Å². The van der Waals surface area contributed by atoms with Crippen LogP contribution in [0.25, 0.3) is 0 Å². The normalized spacial score (nSPS) is 23.5. The first-order chi connectivity index (χ1) is 9.15. The molecule has 1 heterocycles. The summed E-state index contributed by atoms with van der Waals surface area (Å²) in [5.74, 6) is 0.677. The van der Waals surface area contributed by atoms with Crippen LogP contribution in [-0.2, 0) is 0 Å². The molecule has 4 heteroatoms. The molecule has 1 aromatic carbocycles. The van der Waals surface area contributed by atoms with Crippen LogP contribution in [0, 0.1) is 11.7 Å². The quantitative estimate of drug-likeness (QED) is 0.910. The molecule has 1 aliphatic rings. The molecule has 0 saturated carbocycles. The molecular formula is C15H22FNO2. The van der Waals surface area contributed by atoms with Gasteiger partial charge in [-0.2, -0.15) is 0 Å². The number of anilines is 1. The molecule has 106 valence electrons. The number of nitrogens with zero attached hydrogens (tertiary/aromatic N) is 1. The van der Waals surface area contributed by atoms with Crippen molar-refractivity contribution >= 4 is 5.69 Å². The van der Waals surface area contributed by atoms with Crippen molar-refractivity contribution < 1.29 is 14.2 Å². The number of ether oxygens (including phenoxy) is 1. The van der Waals surface area contributed by atoms with Crippen molar-refractivity contribution in [3.63, 3.8) is 0 Å². The minimum atomic E-state index is -0.264. The van der Waals surface area contributed by atoms with E-state index >= 15 is 0 Å². The first-order valence-electron chi connectivity index (χ1n) is 7.01. The summed E-state index contributed by atoms with van der Waals surface area (Å²) in [4.78, 5) is 2.01. The van der Waals surface area contributed by atoms with Crippen LogP contribution in [0.5, 0.6) is 5.75 Å². The van der Waals surface area contributed by atoms with Gasteiger partial charge >= 0.3 is 0 Å². The van der Waals surface area contributed by atoms with Gasteiger partial charge in [0, 0.05) is 25.1 Å². The van der Waals surface area contributed by atoms with Gasteiger partial charge in [-0.25, -0.2) is 4.39 Å². The van der Waals surface area contributed by atoms with E-state index in [2.05, 4.69) is 6.92 Å². The van der Waals surface area contributed by atoms with Gasteiger partial charge < -0.3 is 14.7 Å². The lowest BCUT2D eigenvalue weighted by molar-refractivity contribution is 0.0858. The van der Waals surface area contributed by atoms with E-state index in [0.29, 0.717) is 37.6 Å². The predicted octanol–water partition coefficient (Wildman–Crippen LogP) is 2.82. The Bertz CT molecular complexity index is 425. The van der Waals surface area contributed by atoms with Gasteiger partial charge in [-0.15, -0.1) is 0 Å². The highest BCUT2D eigenvalue weighted by Crippen LogP contribution is 2.30. The lowest BCUT2D eigenvalue weighted by atomic mass is 9.92. The van der Waals surface area contributed by atoms with Gasteiger partial charge in [-0.05, 0) is 31.9 Å². The molecule has 0 spiro atoms. The molecule has 1 fully saturated rings. The second-order valence-corrected chi connectivity index (χ2v) is 5.02. The van der Waals surface area contributed by atoms with E-state index < -0.39 is 0 Å². The second-order valence-electron chi connectivity index (χ2n) is 5.02. The van der Waals surface area contributed by atoms with Gasteiger partial charge in [0.05, 0.1) is 18.4 Å². The Morgan fingerprint density at radius 3 is 2.89 bits per heavy atom. The zero-order valence-corrected chi connectivity index (χ0v) is 11.6. The molecule has 0 aromatic heterocycles. The average molecular weight is 267 g/mol. The summed E-state index contributed by atoms with van der Waals surface area (Å²) in [6.07, 6.45) is 1.33. The summed E-state index contributed by atoms with van der Waals surface area (Å²) in [5, 5.41) is 9.90. The highest BCUT2D eigenvalue weighted by Gasteiger charge is 2.27. The molecule has 0 aliphatic carbocycles. The van der Waals surface area contributed by atoms with Gasteiger partial charge in [-0.1, -0.05) is 6.92 Å². The van der Waals surface area contributed by atoms with Crippen molar-refractivity contribution in [2.45, 2.75) is 32.8 Å². The van der Waals surface area contributed by atoms with Crippen LogP contribution < -0.4 is 9.64 Å². The molecule has 19 heavy (non-hydrogen) atoms. The summed E-state index contributed by atoms with van der Waals surface area (Å²) < 4.78 is 19.4. The van der Waals surface area contributed by atoms with Crippen LogP contribution in [0.1, 0.15) is 26.7 Å². The molecule has 1 aromatic rings. The fraction of sp³-hybridized carbons (Fsp3) is 0.600. The lowest BCUT2D eigenvalue weighted by Gasteiger charge is -2.37. The molecule has 1 N–H and O–H groups in total. The maximum atomic E-state index is 14.0. The number of hydrogen-bond acceptors (Lipinski definition) is 3. The van der Waals surface area contributed by atoms with Gasteiger partial charge in [0.15, 0.2) is 0 Å². The fourth-order valence-electron chi connectivity index (χ4n) is 2.63. The van der Waals surface area contributed by atoms with Crippen molar-refractivity contribution in [2.75, 3.05) is 24.6 Å². The van der Waals surface area contributed by atoms with E-state index in [1.165, 1.54) is 6.07 Å². The number of hydrogen-bond donors (Lipinski definition) is 1. The van der Waals surface area contributed by atoms with E-state index in [4.69, 9.17) is 4.74 Å². The zero-order valence-electron chi connectivity index (χ0n) is 11.6. The van der Waals surface area contributed by atoms with Crippen molar-refractivity contribution in [3.05, 3.63) is 24.0 Å². The van der Waals surface area contributed by atoms with Crippen molar-refractivity contribution in [2.24, 2.45) is 5.92 Å². The van der Waals surface area contributed by atoms with Crippen LogP contribution in [0.2, 0.25) is 0 Å². The molecule has 1 saturated heterocycles. The van der Waals surface area contributed by atoms with Crippen LogP contribution in [0.4, 0.5) is 10.1 Å².